The molecule has 0 unspecified atom stereocenters. The number of benzene rings is 2. The van der Waals surface area contributed by atoms with E-state index in [9.17, 15) is 4.39 Å². The third-order valence-electron chi connectivity index (χ3n) is 4.93. The van der Waals surface area contributed by atoms with Crippen molar-refractivity contribution in [2.45, 2.75) is 40.3 Å². The normalized spacial score (nSPS) is 12.7. The van der Waals surface area contributed by atoms with Gasteiger partial charge in [0.05, 0.1) is 11.4 Å². The van der Waals surface area contributed by atoms with Crippen molar-refractivity contribution in [3.63, 3.8) is 0 Å². The minimum absolute atomic E-state index is 0.261. The van der Waals surface area contributed by atoms with Crippen molar-refractivity contribution in [3.05, 3.63) is 65.6 Å². The zero-order valence-corrected chi connectivity index (χ0v) is 15.3. The van der Waals surface area contributed by atoms with Crippen molar-refractivity contribution in [2.75, 3.05) is 0 Å². The second-order valence-corrected chi connectivity index (χ2v) is 7.01. The lowest BCUT2D eigenvalue weighted by atomic mass is 9.98. The van der Waals surface area contributed by atoms with Gasteiger partial charge in [-0.3, -0.25) is 0 Å². The number of aryl methyl sites for hydroxylation is 1. The summed E-state index contributed by atoms with van der Waals surface area (Å²) in [6, 6.07) is 16.1. The fraction of sp³-hybridized carbons (Fsp3) is 0.318. The Labute approximate surface area is 149 Å². The summed E-state index contributed by atoms with van der Waals surface area (Å²) in [7, 11) is 0. The van der Waals surface area contributed by atoms with Crippen LogP contribution in [0.3, 0.4) is 0 Å². The highest BCUT2D eigenvalue weighted by molar-refractivity contribution is 5.97. The molecule has 0 fully saturated rings. The van der Waals surface area contributed by atoms with E-state index in [4.69, 9.17) is 0 Å². The lowest BCUT2D eigenvalue weighted by molar-refractivity contribution is 0.418. The minimum Gasteiger partial charge on any atom is -0.308 e. The van der Waals surface area contributed by atoms with Crippen molar-refractivity contribution < 1.29 is 4.39 Å². The smallest absolute Gasteiger partial charge is 0.146 e. The van der Waals surface area contributed by atoms with Gasteiger partial charge in [-0.25, -0.2) is 9.37 Å². The topological polar surface area (TPSA) is 24.9 Å². The van der Waals surface area contributed by atoms with Crippen LogP contribution in [0.1, 0.15) is 32.0 Å². The van der Waals surface area contributed by atoms with Crippen LogP contribution in [0, 0.1) is 18.7 Å². The Kier molecular flexibility index (Phi) is 5.14. The molecule has 0 amide bonds. The lowest BCUT2D eigenvalue weighted by Gasteiger charge is -2.17. The molecule has 130 valence electrons. The third-order valence-corrected chi connectivity index (χ3v) is 4.93. The van der Waals surface area contributed by atoms with Crippen molar-refractivity contribution in [1.29, 1.82) is 0 Å². The first-order chi connectivity index (χ1) is 12.0. The van der Waals surface area contributed by atoms with Gasteiger partial charge in [-0.2, -0.15) is 0 Å². The van der Waals surface area contributed by atoms with Gasteiger partial charge in [0.15, 0.2) is 0 Å². The Balaban J connectivity index is 1.99. The molecule has 3 rings (SSSR count). The average Bonchev–Trinajstić information content (AvgIpc) is 2.61. The molecular weight excluding hydrogens is 311 g/mol. The van der Waals surface area contributed by atoms with E-state index in [1.165, 1.54) is 17.0 Å². The maximum absolute atomic E-state index is 14.2. The van der Waals surface area contributed by atoms with Gasteiger partial charge in [-0.05, 0) is 48.2 Å². The molecule has 0 aliphatic heterocycles. The van der Waals surface area contributed by atoms with E-state index in [1.807, 2.05) is 12.1 Å². The number of hydrogen-bond donors (Lipinski definition) is 1. The standard InChI is InChI=1S/C22H25FN2/c1-14(2)16(4)24-13-22-20(23)11-12-21(25-22)19-10-9-15(3)17-7-5-6-8-18(17)19/h5-12,14,16,24H,13H2,1-4H3/t16-/m1/s1. The summed E-state index contributed by atoms with van der Waals surface area (Å²) in [4.78, 5) is 4.62. The number of nitrogens with one attached hydrogen (secondary N) is 1. The highest BCUT2D eigenvalue weighted by Gasteiger charge is 2.12. The van der Waals surface area contributed by atoms with Crippen molar-refractivity contribution in [3.8, 4) is 11.3 Å². The second-order valence-electron chi connectivity index (χ2n) is 7.01. The highest BCUT2D eigenvalue weighted by Crippen LogP contribution is 2.30. The molecule has 0 bridgehead atoms. The van der Waals surface area contributed by atoms with E-state index in [0.717, 1.165) is 16.6 Å². The van der Waals surface area contributed by atoms with E-state index < -0.39 is 0 Å². The van der Waals surface area contributed by atoms with Gasteiger partial charge in [-0.15, -0.1) is 0 Å². The maximum atomic E-state index is 14.2. The molecule has 1 N–H and O–H groups in total. The summed E-state index contributed by atoms with van der Waals surface area (Å²) in [6.45, 7) is 8.95. The van der Waals surface area contributed by atoms with Gasteiger partial charge in [0, 0.05) is 18.2 Å². The van der Waals surface area contributed by atoms with Crippen LogP contribution < -0.4 is 5.32 Å². The predicted octanol–water partition coefficient (Wildman–Crippen LogP) is 5.48. The fourth-order valence-electron chi connectivity index (χ4n) is 2.92. The molecule has 0 aliphatic rings. The number of fused-ring (bicyclic) bond motifs is 1. The van der Waals surface area contributed by atoms with Crippen LogP contribution in [-0.4, -0.2) is 11.0 Å². The Morgan fingerprint density at radius 2 is 1.68 bits per heavy atom. The van der Waals surface area contributed by atoms with E-state index in [1.54, 1.807) is 6.07 Å². The summed E-state index contributed by atoms with van der Waals surface area (Å²) in [5.41, 5.74) is 3.55. The molecule has 1 atom stereocenters. The van der Waals surface area contributed by atoms with Crippen LogP contribution >= 0.6 is 0 Å². The van der Waals surface area contributed by atoms with Crippen LogP contribution in [0.25, 0.3) is 22.0 Å². The highest BCUT2D eigenvalue weighted by atomic mass is 19.1. The molecule has 3 aromatic rings. The maximum Gasteiger partial charge on any atom is 0.146 e. The molecule has 2 aromatic carbocycles. The number of hydrogen-bond acceptors (Lipinski definition) is 2. The Morgan fingerprint density at radius 3 is 2.40 bits per heavy atom. The molecule has 1 heterocycles. The Morgan fingerprint density at radius 1 is 0.960 bits per heavy atom. The quantitative estimate of drug-likeness (QED) is 0.667. The van der Waals surface area contributed by atoms with Gasteiger partial charge in [0.1, 0.15) is 5.82 Å². The van der Waals surface area contributed by atoms with Gasteiger partial charge < -0.3 is 5.32 Å². The van der Waals surface area contributed by atoms with Crippen LogP contribution in [-0.2, 0) is 6.54 Å². The first-order valence-corrected chi connectivity index (χ1v) is 8.85. The van der Waals surface area contributed by atoms with E-state index in [-0.39, 0.29) is 5.82 Å². The van der Waals surface area contributed by atoms with Gasteiger partial charge in [0.25, 0.3) is 0 Å². The summed E-state index contributed by atoms with van der Waals surface area (Å²) in [5.74, 6) is 0.232. The van der Waals surface area contributed by atoms with Crippen LogP contribution in [0.15, 0.2) is 48.5 Å². The average molecular weight is 336 g/mol. The van der Waals surface area contributed by atoms with Gasteiger partial charge in [-0.1, -0.05) is 50.2 Å². The molecule has 1 aromatic heterocycles. The molecule has 2 nitrogen and oxygen atoms in total. The first-order valence-electron chi connectivity index (χ1n) is 8.85. The number of aromatic nitrogens is 1. The minimum atomic E-state index is -0.261. The van der Waals surface area contributed by atoms with E-state index in [2.05, 4.69) is 62.3 Å². The summed E-state index contributed by atoms with van der Waals surface area (Å²) in [6.07, 6.45) is 0. The second kappa shape index (κ2) is 7.32. The number of halogens is 1. The molecule has 0 saturated carbocycles. The Bertz CT molecular complexity index is 886. The first kappa shape index (κ1) is 17.6. The Hall–Kier alpha value is -2.26. The largest absolute Gasteiger partial charge is 0.308 e. The monoisotopic (exact) mass is 336 g/mol. The molecule has 0 aliphatic carbocycles. The molecule has 0 radical (unpaired) electrons. The van der Waals surface area contributed by atoms with E-state index >= 15 is 0 Å². The van der Waals surface area contributed by atoms with Crippen molar-refractivity contribution >= 4 is 10.8 Å². The van der Waals surface area contributed by atoms with Crippen LogP contribution in [0.5, 0.6) is 0 Å². The zero-order valence-electron chi connectivity index (χ0n) is 15.3. The van der Waals surface area contributed by atoms with Crippen molar-refractivity contribution in [1.82, 2.24) is 10.3 Å². The molecule has 0 saturated heterocycles. The summed E-state index contributed by atoms with van der Waals surface area (Å²) >= 11 is 0. The summed E-state index contributed by atoms with van der Waals surface area (Å²) in [5, 5.41) is 5.72. The lowest BCUT2D eigenvalue weighted by Crippen LogP contribution is -2.30. The van der Waals surface area contributed by atoms with Crippen molar-refractivity contribution in [2.24, 2.45) is 5.92 Å². The molecule has 25 heavy (non-hydrogen) atoms. The molecular formula is C22H25FN2. The van der Waals surface area contributed by atoms with E-state index in [0.29, 0.717) is 24.2 Å². The van der Waals surface area contributed by atoms with Crippen LogP contribution in [0.2, 0.25) is 0 Å². The fourth-order valence-corrected chi connectivity index (χ4v) is 2.92. The van der Waals surface area contributed by atoms with Crippen LogP contribution in [0.4, 0.5) is 4.39 Å². The zero-order chi connectivity index (χ0) is 18.0. The molecule has 0 spiro atoms. The van der Waals surface area contributed by atoms with Gasteiger partial charge >= 0.3 is 0 Å². The number of nitrogens with zero attached hydrogens (tertiary/aromatic N) is 1. The number of rotatable bonds is 5. The SMILES string of the molecule is Cc1ccc(-c2ccc(F)c(CN[C@H](C)C(C)C)n2)c2ccccc12. The predicted molar refractivity (Wildman–Crippen MR) is 103 cm³/mol. The summed E-state index contributed by atoms with van der Waals surface area (Å²) < 4.78 is 14.2. The number of pyridine rings is 1. The van der Waals surface area contributed by atoms with Gasteiger partial charge in [0.2, 0.25) is 0 Å². The third kappa shape index (κ3) is 3.72. The molecule has 3 heteroatoms.